The summed E-state index contributed by atoms with van der Waals surface area (Å²) in [6.45, 7) is 3.73. The fourth-order valence-electron chi connectivity index (χ4n) is 1.56. The van der Waals surface area contributed by atoms with Gasteiger partial charge in [0.15, 0.2) is 0 Å². The third kappa shape index (κ3) is 3.65. The zero-order valence-electron chi connectivity index (χ0n) is 10.8. The number of hydrogen-bond donors (Lipinski definition) is 0. The van der Waals surface area contributed by atoms with Gasteiger partial charge in [-0.3, -0.25) is 4.18 Å². The molecule has 0 fully saturated rings. The third-order valence-corrected chi connectivity index (χ3v) is 3.90. The topological polar surface area (TPSA) is 69.4 Å². The fraction of sp³-hybridized carbons (Fsp3) is 0.308. The van der Waals surface area contributed by atoms with Crippen molar-refractivity contribution < 1.29 is 17.1 Å². The fourth-order valence-corrected chi connectivity index (χ4v) is 2.47. The first kappa shape index (κ1) is 13.8. The summed E-state index contributed by atoms with van der Waals surface area (Å²) in [4.78, 5) is 0.159. The number of aryl methyl sites for hydroxylation is 2. The van der Waals surface area contributed by atoms with E-state index in [1.54, 1.807) is 25.1 Å². The molecule has 0 atom stereocenters. The average Bonchev–Trinajstić information content (AvgIpc) is 2.75. The molecule has 19 heavy (non-hydrogen) atoms. The maximum Gasteiger partial charge on any atom is 0.296 e. The minimum absolute atomic E-state index is 0.0326. The predicted octanol–water partition coefficient (Wildman–Crippen LogP) is 2.24. The molecule has 0 amide bonds. The number of hydrogen-bond acceptors (Lipinski definition) is 5. The summed E-state index contributed by atoms with van der Waals surface area (Å²) in [6, 6.07) is 8.28. The first-order chi connectivity index (χ1) is 8.97. The third-order valence-electron chi connectivity index (χ3n) is 2.57. The van der Waals surface area contributed by atoms with Crippen molar-refractivity contribution in [2.24, 2.45) is 0 Å². The van der Waals surface area contributed by atoms with E-state index in [9.17, 15) is 8.42 Å². The number of benzene rings is 1. The SMILES string of the molecule is Cc1ccc(S(=O)(=O)OCCc2cc(C)no2)cc1. The lowest BCUT2D eigenvalue weighted by Crippen LogP contribution is -2.09. The Hall–Kier alpha value is -1.66. The zero-order chi connectivity index (χ0) is 13.9. The van der Waals surface area contributed by atoms with Crippen LogP contribution in [0.2, 0.25) is 0 Å². The van der Waals surface area contributed by atoms with Crippen molar-refractivity contribution in [3.8, 4) is 0 Å². The van der Waals surface area contributed by atoms with Gasteiger partial charge in [0.05, 0.1) is 17.2 Å². The van der Waals surface area contributed by atoms with E-state index in [1.165, 1.54) is 12.1 Å². The molecule has 2 aromatic rings. The van der Waals surface area contributed by atoms with Crippen LogP contribution in [0.4, 0.5) is 0 Å². The molecule has 0 saturated heterocycles. The molecule has 1 aromatic carbocycles. The highest BCUT2D eigenvalue weighted by Gasteiger charge is 2.15. The first-order valence-corrected chi connectivity index (χ1v) is 7.26. The average molecular weight is 281 g/mol. The number of aromatic nitrogens is 1. The summed E-state index contributed by atoms with van der Waals surface area (Å²) in [5, 5.41) is 3.72. The molecule has 0 aliphatic heterocycles. The largest absolute Gasteiger partial charge is 0.361 e. The van der Waals surface area contributed by atoms with Crippen molar-refractivity contribution >= 4 is 10.1 Å². The number of rotatable bonds is 5. The summed E-state index contributed by atoms with van der Waals surface area (Å²) in [6.07, 6.45) is 0.367. The lowest BCUT2D eigenvalue weighted by molar-refractivity contribution is 0.297. The van der Waals surface area contributed by atoms with E-state index in [0.29, 0.717) is 12.2 Å². The lowest BCUT2D eigenvalue weighted by Gasteiger charge is -2.04. The second-order valence-corrected chi connectivity index (χ2v) is 5.89. The van der Waals surface area contributed by atoms with Crippen molar-refractivity contribution in [1.82, 2.24) is 5.16 Å². The van der Waals surface area contributed by atoms with Gasteiger partial charge in [-0.2, -0.15) is 8.42 Å². The Morgan fingerprint density at radius 2 is 1.89 bits per heavy atom. The molecular formula is C13H15NO4S. The normalized spacial score (nSPS) is 11.7. The van der Waals surface area contributed by atoms with Crippen LogP contribution in [0.5, 0.6) is 0 Å². The van der Waals surface area contributed by atoms with Crippen LogP contribution in [0.15, 0.2) is 39.8 Å². The van der Waals surface area contributed by atoms with Crippen LogP contribution >= 0.6 is 0 Å². The highest BCUT2D eigenvalue weighted by Crippen LogP contribution is 2.14. The predicted molar refractivity (Wildman–Crippen MR) is 69.3 cm³/mol. The second-order valence-electron chi connectivity index (χ2n) is 4.27. The van der Waals surface area contributed by atoms with Gasteiger partial charge in [0.25, 0.3) is 10.1 Å². The summed E-state index contributed by atoms with van der Waals surface area (Å²) in [5.41, 5.74) is 1.76. The van der Waals surface area contributed by atoms with Crippen molar-refractivity contribution in [1.29, 1.82) is 0 Å². The Kier molecular flexibility index (Phi) is 4.01. The lowest BCUT2D eigenvalue weighted by atomic mass is 10.2. The van der Waals surface area contributed by atoms with E-state index < -0.39 is 10.1 Å². The quantitative estimate of drug-likeness (QED) is 0.786. The molecule has 0 radical (unpaired) electrons. The molecule has 0 unspecified atom stereocenters. The zero-order valence-corrected chi connectivity index (χ0v) is 11.6. The van der Waals surface area contributed by atoms with Crippen LogP contribution < -0.4 is 0 Å². The van der Waals surface area contributed by atoms with E-state index in [-0.39, 0.29) is 11.5 Å². The molecule has 1 aromatic heterocycles. The Morgan fingerprint density at radius 3 is 2.47 bits per heavy atom. The Balaban J connectivity index is 1.96. The molecular weight excluding hydrogens is 266 g/mol. The van der Waals surface area contributed by atoms with Crippen LogP contribution in [0.1, 0.15) is 17.0 Å². The smallest absolute Gasteiger partial charge is 0.296 e. The van der Waals surface area contributed by atoms with Gasteiger partial charge in [-0.25, -0.2) is 0 Å². The molecule has 0 bridgehead atoms. The van der Waals surface area contributed by atoms with E-state index in [0.717, 1.165) is 11.3 Å². The van der Waals surface area contributed by atoms with Gasteiger partial charge in [0, 0.05) is 12.5 Å². The Labute approximate surface area is 112 Å². The van der Waals surface area contributed by atoms with E-state index in [1.807, 2.05) is 6.92 Å². The monoisotopic (exact) mass is 281 g/mol. The van der Waals surface area contributed by atoms with E-state index >= 15 is 0 Å². The van der Waals surface area contributed by atoms with Crippen LogP contribution in [-0.2, 0) is 20.7 Å². The molecule has 102 valence electrons. The van der Waals surface area contributed by atoms with Crippen LogP contribution in [0.25, 0.3) is 0 Å². The number of nitrogens with zero attached hydrogens (tertiary/aromatic N) is 1. The molecule has 2 rings (SSSR count). The highest BCUT2D eigenvalue weighted by atomic mass is 32.2. The Morgan fingerprint density at radius 1 is 1.21 bits per heavy atom. The second kappa shape index (κ2) is 5.54. The molecule has 0 aliphatic carbocycles. The van der Waals surface area contributed by atoms with Gasteiger partial charge in [-0.15, -0.1) is 0 Å². The maximum atomic E-state index is 11.9. The first-order valence-electron chi connectivity index (χ1n) is 5.86. The Bertz CT molecular complexity index is 644. The molecule has 1 heterocycles. The summed E-state index contributed by atoms with van der Waals surface area (Å²) >= 11 is 0. The van der Waals surface area contributed by atoms with Gasteiger partial charge in [0.1, 0.15) is 5.76 Å². The van der Waals surface area contributed by atoms with Crippen LogP contribution in [-0.4, -0.2) is 20.2 Å². The molecule has 0 spiro atoms. The van der Waals surface area contributed by atoms with E-state index in [4.69, 9.17) is 8.71 Å². The van der Waals surface area contributed by atoms with Crippen molar-refractivity contribution in [3.05, 3.63) is 47.3 Å². The minimum Gasteiger partial charge on any atom is -0.361 e. The van der Waals surface area contributed by atoms with Crippen molar-refractivity contribution in [2.75, 3.05) is 6.61 Å². The van der Waals surface area contributed by atoms with Gasteiger partial charge >= 0.3 is 0 Å². The molecule has 0 N–H and O–H groups in total. The van der Waals surface area contributed by atoms with Gasteiger partial charge < -0.3 is 4.52 Å². The summed E-state index contributed by atoms with van der Waals surface area (Å²) < 4.78 is 33.7. The van der Waals surface area contributed by atoms with Crippen LogP contribution in [0, 0.1) is 13.8 Å². The van der Waals surface area contributed by atoms with Gasteiger partial charge in [-0.05, 0) is 26.0 Å². The molecule has 5 nitrogen and oxygen atoms in total. The highest BCUT2D eigenvalue weighted by molar-refractivity contribution is 7.86. The molecule has 0 saturated carbocycles. The van der Waals surface area contributed by atoms with E-state index in [2.05, 4.69) is 5.16 Å². The van der Waals surface area contributed by atoms with Crippen molar-refractivity contribution in [3.63, 3.8) is 0 Å². The van der Waals surface area contributed by atoms with Gasteiger partial charge in [-0.1, -0.05) is 22.9 Å². The molecule has 0 aliphatic rings. The maximum absolute atomic E-state index is 11.9. The molecule has 6 heteroatoms. The summed E-state index contributed by atoms with van der Waals surface area (Å²) in [7, 11) is -3.70. The van der Waals surface area contributed by atoms with Gasteiger partial charge in [0.2, 0.25) is 0 Å². The standard InChI is InChI=1S/C13H15NO4S/c1-10-3-5-13(6-4-10)19(15,16)17-8-7-12-9-11(2)14-18-12/h3-6,9H,7-8H2,1-2H3. The minimum atomic E-state index is -3.70. The van der Waals surface area contributed by atoms with Crippen molar-refractivity contribution in [2.45, 2.75) is 25.2 Å². The van der Waals surface area contributed by atoms with Crippen LogP contribution in [0.3, 0.4) is 0 Å². The summed E-state index contributed by atoms with van der Waals surface area (Å²) in [5.74, 6) is 0.608.